The van der Waals surface area contributed by atoms with Gasteiger partial charge < -0.3 is 16.0 Å². The highest BCUT2D eigenvalue weighted by Crippen LogP contribution is 2.25. The molecule has 0 atom stereocenters. The van der Waals surface area contributed by atoms with Crippen LogP contribution in [0.15, 0.2) is 48.5 Å². The average Bonchev–Trinajstić information content (AvgIpc) is 2.63. The fourth-order valence-corrected chi connectivity index (χ4v) is 3.28. The number of anilines is 1. The number of nitrogens with zero attached hydrogens (tertiary/aromatic N) is 1. The minimum absolute atomic E-state index is 0.194. The lowest BCUT2D eigenvalue weighted by Gasteiger charge is -2.34. The summed E-state index contributed by atoms with van der Waals surface area (Å²) in [6.45, 7) is 3.91. The molecule has 0 aliphatic carbocycles. The van der Waals surface area contributed by atoms with E-state index in [9.17, 15) is 4.39 Å². The second kappa shape index (κ2) is 8.27. The largest absolute Gasteiger partial charge is 0.371 e. The van der Waals surface area contributed by atoms with Gasteiger partial charge in [-0.05, 0) is 67.7 Å². The number of hydrogen-bond donors (Lipinski definition) is 2. The Kier molecular flexibility index (Phi) is 5.83. The summed E-state index contributed by atoms with van der Waals surface area (Å²) in [5.41, 5.74) is 8.75. The Hall–Kier alpha value is -1.91. The van der Waals surface area contributed by atoms with Gasteiger partial charge in [-0.1, -0.05) is 24.3 Å². The van der Waals surface area contributed by atoms with Crippen LogP contribution in [0.1, 0.15) is 19.3 Å². The zero-order chi connectivity index (χ0) is 16.8. The van der Waals surface area contributed by atoms with E-state index in [1.54, 1.807) is 12.1 Å². The van der Waals surface area contributed by atoms with E-state index in [0.717, 1.165) is 56.6 Å². The maximum absolute atomic E-state index is 13.3. The molecule has 0 amide bonds. The quantitative estimate of drug-likeness (QED) is 0.799. The first-order chi connectivity index (χ1) is 11.8. The van der Waals surface area contributed by atoms with Crippen LogP contribution in [0.4, 0.5) is 10.1 Å². The van der Waals surface area contributed by atoms with Crippen molar-refractivity contribution in [3.05, 3.63) is 54.3 Å². The zero-order valence-corrected chi connectivity index (χ0v) is 14.0. The van der Waals surface area contributed by atoms with Crippen molar-refractivity contribution in [3.8, 4) is 11.1 Å². The van der Waals surface area contributed by atoms with Crippen LogP contribution in [0.2, 0.25) is 0 Å². The summed E-state index contributed by atoms with van der Waals surface area (Å²) in [5.74, 6) is -0.194. The molecule has 0 unspecified atom stereocenters. The standard InChI is InChI=1S/C20H26FN3/c21-18-4-1-3-17(15-18)16-5-7-20(8-6-16)24-13-9-19(10-14-24)23-12-2-11-22/h1,3-8,15,19,23H,2,9-14,22H2. The predicted octanol–water partition coefficient (Wildman–Crippen LogP) is 3.40. The van der Waals surface area contributed by atoms with Crippen LogP contribution in [0.5, 0.6) is 0 Å². The van der Waals surface area contributed by atoms with Crippen molar-refractivity contribution < 1.29 is 4.39 Å². The number of halogens is 1. The maximum atomic E-state index is 13.3. The number of rotatable bonds is 6. The van der Waals surface area contributed by atoms with Gasteiger partial charge in [0.2, 0.25) is 0 Å². The molecule has 3 rings (SSSR count). The van der Waals surface area contributed by atoms with E-state index in [4.69, 9.17) is 5.73 Å². The topological polar surface area (TPSA) is 41.3 Å². The smallest absolute Gasteiger partial charge is 0.123 e. The van der Waals surface area contributed by atoms with Gasteiger partial charge in [0.15, 0.2) is 0 Å². The van der Waals surface area contributed by atoms with Crippen LogP contribution in [0, 0.1) is 5.82 Å². The third kappa shape index (κ3) is 4.34. The fraction of sp³-hybridized carbons (Fsp3) is 0.400. The van der Waals surface area contributed by atoms with Crippen molar-refractivity contribution in [2.45, 2.75) is 25.3 Å². The van der Waals surface area contributed by atoms with Crippen molar-refractivity contribution in [1.29, 1.82) is 0 Å². The molecule has 128 valence electrons. The summed E-state index contributed by atoms with van der Waals surface area (Å²) in [6.07, 6.45) is 3.37. The molecule has 0 radical (unpaired) electrons. The van der Waals surface area contributed by atoms with E-state index in [2.05, 4.69) is 34.5 Å². The van der Waals surface area contributed by atoms with Gasteiger partial charge in [-0.3, -0.25) is 0 Å². The van der Waals surface area contributed by atoms with Gasteiger partial charge in [-0.15, -0.1) is 0 Å². The Balaban J connectivity index is 1.57. The summed E-state index contributed by atoms with van der Waals surface area (Å²) in [7, 11) is 0. The Morgan fingerprint density at radius 3 is 2.46 bits per heavy atom. The second-order valence-electron chi connectivity index (χ2n) is 6.41. The van der Waals surface area contributed by atoms with Crippen LogP contribution < -0.4 is 16.0 Å². The fourth-order valence-electron chi connectivity index (χ4n) is 3.28. The molecule has 3 nitrogen and oxygen atoms in total. The highest BCUT2D eigenvalue weighted by Gasteiger charge is 2.18. The Labute approximate surface area is 143 Å². The molecule has 1 fully saturated rings. The number of nitrogens with two attached hydrogens (primary N) is 1. The highest BCUT2D eigenvalue weighted by atomic mass is 19.1. The lowest BCUT2D eigenvalue weighted by atomic mass is 10.0. The molecule has 2 aromatic rings. The molecule has 4 heteroatoms. The van der Waals surface area contributed by atoms with E-state index in [-0.39, 0.29) is 5.82 Å². The first-order valence-electron chi connectivity index (χ1n) is 8.80. The van der Waals surface area contributed by atoms with Crippen LogP contribution in [0.3, 0.4) is 0 Å². The van der Waals surface area contributed by atoms with Gasteiger partial charge in [-0.2, -0.15) is 0 Å². The molecular weight excluding hydrogens is 301 g/mol. The minimum Gasteiger partial charge on any atom is -0.371 e. The van der Waals surface area contributed by atoms with Crippen molar-refractivity contribution >= 4 is 5.69 Å². The Morgan fingerprint density at radius 1 is 1.04 bits per heavy atom. The highest BCUT2D eigenvalue weighted by molar-refractivity contribution is 5.66. The summed E-state index contributed by atoms with van der Waals surface area (Å²) in [6, 6.07) is 15.8. The number of hydrogen-bond acceptors (Lipinski definition) is 3. The third-order valence-electron chi connectivity index (χ3n) is 4.70. The zero-order valence-electron chi connectivity index (χ0n) is 14.0. The summed E-state index contributed by atoms with van der Waals surface area (Å²) < 4.78 is 13.3. The second-order valence-corrected chi connectivity index (χ2v) is 6.41. The molecule has 0 saturated carbocycles. The molecule has 1 aliphatic heterocycles. The van der Waals surface area contributed by atoms with E-state index in [1.165, 1.54) is 11.8 Å². The van der Waals surface area contributed by atoms with E-state index >= 15 is 0 Å². The first-order valence-corrected chi connectivity index (χ1v) is 8.80. The SMILES string of the molecule is NCCCNC1CCN(c2ccc(-c3cccc(F)c3)cc2)CC1. The van der Waals surface area contributed by atoms with Gasteiger partial charge in [0.25, 0.3) is 0 Å². The lowest BCUT2D eigenvalue weighted by Crippen LogP contribution is -2.43. The summed E-state index contributed by atoms with van der Waals surface area (Å²) in [4.78, 5) is 2.43. The van der Waals surface area contributed by atoms with E-state index < -0.39 is 0 Å². The summed E-state index contributed by atoms with van der Waals surface area (Å²) >= 11 is 0. The molecular formula is C20H26FN3. The first kappa shape index (κ1) is 16.9. The van der Waals surface area contributed by atoms with E-state index in [0.29, 0.717) is 6.04 Å². The van der Waals surface area contributed by atoms with Gasteiger partial charge >= 0.3 is 0 Å². The van der Waals surface area contributed by atoms with Crippen LogP contribution in [0.25, 0.3) is 11.1 Å². The summed E-state index contributed by atoms with van der Waals surface area (Å²) in [5, 5.41) is 3.59. The van der Waals surface area contributed by atoms with Crippen LogP contribution in [-0.4, -0.2) is 32.2 Å². The Morgan fingerprint density at radius 2 is 1.79 bits per heavy atom. The Bertz CT molecular complexity index is 634. The predicted molar refractivity (Wildman–Crippen MR) is 98.7 cm³/mol. The molecule has 1 saturated heterocycles. The van der Waals surface area contributed by atoms with Crippen molar-refractivity contribution in [1.82, 2.24) is 5.32 Å². The molecule has 24 heavy (non-hydrogen) atoms. The van der Waals surface area contributed by atoms with Gasteiger partial charge in [0.1, 0.15) is 5.82 Å². The normalized spacial score (nSPS) is 15.7. The van der Waals surface area contributed by atoms with Gasteiger partial charge in [0.05, 0.1) is 0 Å². The van der Waals surface area contributed by atoms with Crippen LogP contribution in [-0.2, 0) is 0 Å². The molecule has 0 spiro atoms. The number of piperidine rings is 1. The van der Waals surface area contributed by atoms with Crippen molar-refractivity contribution in [3.63, 3.8) is 0 Å². The number of benzene rings is 2. The maximum Gasteiger partial charge on any atom is 0.123 e. The molecule has 3 N–H and O–H groups in total. The van der Waals surface area contributed by atoms with Crippen molar-refractivity contribution in [2.24, 2.45) is 5.73 Å². The molecule has 1 heterocycles. The van der Waals surface area contributed by atoms with Gasteiger partial charge in [-0.25, -0.2) is 4.39 Å². The third-order valence-corrected chi connectivity index (χ3v) is 4.70. The molecule has 1 aliphatic rings. The molecule has 2 aromatic carbocycles. The monoisotopic (exact) mass is 327 g/mol. The molecule has 0 aromatic heterocycles. The lowest BCUT2D eigenvalue weighted by molar-refractivity contribution is 0.414. The van der Waals surface area contributed by atoms with Crippen LogP contribution >= 0.6 is 0 Å². The van der Waals surface area contributed by atoms with Crippen molar-refractivity contribution in [2.75, 3.05) is 31.1 Å². The minimum atomic E-state index is -0.194. The molecule has 0 bridgehead atoms. The average molecular weight is 327 g/mol. The number of nitrogens with one attached hydrogen (secondary N) is 1. The van der Waals surface area contributed by atoms with E-state index in [1.807, 2.05) is 6.07 Å². The van der Waals surface area contributed by atoms with Gasteiger partial charge in [0, 0.05) is 24.8 Å².